The van der Waals surface area contributed by atoms with E-state index in [1.165, 1.54) is 23.5 Å². The van der Waals surface area contributed by atoms with Crippen LogP contribution in [0.1, 0.15) is 34.8 Å². The molecule has 3 rings (SSSR count). The Kier molecular flexibility index (Phi) is 4.69. The van der Waals surface area contributed by atoms with Crippen LogP contribution in [0.4, 0.5) is 0 Å². The number of sulfonamides is 1. The molecule has 0 spiro atoms. The normalized spacial score (nSPS) is 18.5. The van der Waals surface area contributed by atoms with Crippen LogP contribution in [0.15, 0.2) is 59.5 Å². The van der Waals surface area contributed by atoms with Crippen molar-refractivity contribution in [1.82, 2.24) is 4.31 Å². The van der Waals surface area contributed by atoms with Crippen molar-refractivity contribution in [2.75, 3.05) is 13.7 Å². The molecule has 0 bridgehead atoms. The van der Waals surface area contributed by atoms with Crippen LogP contribution in [-0.4, -0.2) is 32.3 Å². The monoisotopic (exact) mass is 345 g/mol. The molecular weight excluding hydrogens is 326 g/mol. The van der Waals surface area contributed by atoms with E-state index in [1.807, 2.05) is 30.3 Å². The Labute approximate surface area is 141 Å². The second-order valence-electron chi connectivity index (χ2n) is 5.70. The largest absolute Gasteiger partial charge is 0.465 e. The summed E-state index contributed by atoms with van der Waals surface area (Å²) in [5.74, 6) is -0.548. The first-order chi connectivity index (χ1) is 11.5. The Morgan fingerprint density at radius 1 is 1.12 bits per heavy atom. The van der Waals surface area contributed by atoms with Gasteiger partial charge in [0.2, 0.25) is 10.0 Å². The van der Waals surface area contributed by atoms with E-state index in [-0.39, 0.29) is 16.5 Å². The van der Waals surface area contributed by atoms with Crippen LogP contribution in [0.25, 0.3) is 0 Å². The lowest BCUT2D eigenvalue weighted by atomic mass is 10.1. The molecule has 1 heterocycles. The summed E-state index contributed by atoms with van der Waals surface area (Å²) in [6, 6.07) is 15.5. The smallest absolute Gasteiger partial charge is 0.337 e. The summed E-state index contributed by atoms with van der Waals surface area (Å²) in [7, 11) is -2.40. The van der Waals surface area contributed by atoms with Gasteiger partial charge in [0.05, 0.1) is 23.6 Å². The lowest BCUT2D eigenvalue weighted by molar-refractivity contribution is 0.0600. The van der Waals surface area contributed by atoms with Crippen LogP contribution >= 0.6 is 0 Å². The van der Waals surface area contributed by atoms with Gasteiger partial charge in [0.1, 0.15) is 0 Å². The predicted octanol–water partition coefficient (Wildman–Crippen LogP) is 3.00. The number of rotatable bonds is 4. The molecule has 2 aromatic carbocycles. The van der Waals surface area contributed by atoms with Gasteiger partial charge in [-0.15, -0.1) is 0 Å². The Hall–Kier alpha value is -2.18. The van der Waals surface area contributed by atoms with Crippen molar-refractivity contribution in [1.29, 1.82) is 0 Å². The zero-order valence-electron chi connectivity index (χ0n) is 13.4. The van der Waals surface area contributed by atoms with E-state index >= 15 is 0 Å². The van der Waals surface area contributed by atoms with Gasteiger partial charge in [-0.3, -0.25) is 0 Å². The van der Waals surface area contributed by atoms with Crippen LogP contribution in [-0.2, 0) is 14.8 Å². The average Bonchev–Trinajstić information content (AvgIpc) is 3.12. The van der Waals surface area contributed by atoms with Crippen molar-refractivity contribution >= 4 is 16.0 Å². The molecule has 5 nitrogen and oxygen atoms in total. The molecule has 0 radical (unpaired) electrons. The lowest BCUT2D eigenvalue weighted by Crippen LogP contribution is -2.30. The van der Waals surface area contributed by atoms with Crippen molar-refractivity contribution in [2.45, 2.75) is 23.8 Å². The number of carbonyl (C=O) groups excluding carboxylic acids is 1. The first-order valence-corrected chi connectivity index (χ1v) is 9.23. The summed E-state index contributed by atoms with van der Waals surface area (Å²) < 4.78 is 32.3. The zero-order chi connectivity index (χ0) is 17.2. The maximum absolute atomic E-state index is 13.1. The van der Waals surface area contributed by atoms with Gasteiger partial charge in [-0.05, 0) is 36.6 Å². The molecule has 1 aliphatic rings. The highest BCUT2D eigenvalue weighted by Crippen LogP contribution is 2.36. The van der Waals surface area contributed by atoms with Crippen LogP contribution in [0, 0.1) is 0 Å². The molecule has 0 aromatic heterocycles. The Morgan fingerprint density at radius 2 is 1.88 bits per heavy atom. The molecule has 6 heteroatoms. The lowest BCUT2D eigenvalue weighted by Gasteiger charge is -2.24. The highest BCUT2D eigenvalue weighted by Gasteiger charge is 2.36. The molecular formula is C18H19NO4S. The summed E-state index contributed by atoms with van der Waals surface area (Å²) >= 11 is 0. The van der Waals surface area contributed by atoms with E-state index < -0.39 is 16.0 Å². The van der Waals surface area contributed by atoms with Gasteiger partial charge in [0.15, 0.2) is 0 Å². The number of methoxy groups -OCH3 is 1. The third-order valence-corrected chi connectivity index (χ3v) is 6.15. The van der Waals surface area contributed by atoms with E-state index in [2.05, 4.69) is 4.74 Å². The van der Waals surface area contributed by atoms with E-state index in [0.29, 0.717) is 6.54 Å². The second kappa shape index (κ2) is 6.75. The number of esters is 1. The standard InChI is InChI=1S/C18H19NO4S/c1-23-18(20)15-9-5-10-16(13-15)24(21,22)19-12-6-11-17(19)14-7-3-2-4-8-14/h2-5,7-10,13,17H,6,11-12H2,1H3. The van der Waals surface area contributed by atoms with Crippen molar-refractivity contribution in [2.24, 2.45) is 0 Å². The summed E-state index contributed by atoms with van der Waals surface area (Å²) in [4.78, 5) is 11.8. The molecule has 1 fully saturated rings. The van der Waals surface area contributed by atoms with Gasteiger partial charge >= 0.3 is 5.97 Å². The van der Waals surface area contributed by atoms with E-state index in [9.17, 15) is 13.2 Å². The number of hydrogen-bond donors (Lipinski definition) is 0. The highest BCUT2D eigenvalue weighted by atomic mass is 32.2. The predicted molar refractivity (Wildman–Crippen MR) is 90.1 cm³/mol. The minimum absolute atomic E-state index is 0.119. The van der Waals surface area contributed by atoms with E-state index in [1.54, 1.807) is 12.1 Å². The molecule has 24 heavy (non-hydrogen) atoms. The van der Waals surface area contributed by atoms with Gasteiger partial charge in [0, 0.05) is 6.54 Å². The quantitative estimate of drug-likeness (QED) is 0.799. The van der Waals surface area contributed by atoms with Crippen molar-refractivity contribution in [3.8, 4) is 0 Å². The fourth-order valence-corrected chi connectivity index (χ4v) is 4.80. The topological polar surface area (TPSA) is 63.7 Å². The highest BCUT2D eigenvalue weighted by molar-refractivity contribution is 7.89. The molecule has 2 aromatic rings. The minimum atomic E-state index is -3.67. The van der Waals surface area contributed by atoms with Gasteiger partial charge in [0.25, 0.3) is 0 Å². The summed E-state index contributed by atoms with van der Waals surface area (Å²) in [5, 5.41) is 0. The van der Waals surface area contributed by atoms with Crippen LogP contribution < -0.4 is 0 Å². The first-order valence-electron chi connectivity index (χ1n) is 7.79. The van der Waals surface area contributed by atoms with Crippen molar-refractivity contribution < 1.29 is 17.9 Å². The fourth-order valence-electron chi connectivity index (χ4n) is 3.07. The van der Waals surface area contributed by atoms with E-state index in [0.717, 1.165) is 18.4 Å². The Bertz CT molecular complexity index is 833. The Balaban J connectivity index is 1.97. The molecule has 0 aliphatic carbocycles. The van der Waals surface area contributed by atoms with Crippen LogP contribution in [0.5, 0.6) is 0 Å². The first kappa shape index (κ1) is 16.7. The molecule has 1 saturated heterocycles. The molecule has 1 atom stereocenters. The molecule has 0 amide bonds. The third kappa shape index (κ3) is 3.07. The number of carbonyl (C=O) groups is 1. The van der Waals surface area contributed by atoms with Crippen LogP contribution in [0.3, 0.4) is 0 Å². The van der Waals surface area contributed by atoms with Gasteiger partial charge in [-0.2, -0.15) is 4.31 Å². The molecule has 0 saturated carbocycles. The zero-order valence-corrected chi connectivity index (χ0v) is 14.2. The van der Waals surface area contributed by atoms with Crippen LogP contribution in [0.2, 0.25) is 0 Å². The minimum Gasteiger partial charge on any atom is -0.465 e. The summed E-state index contributed by atoms with van der Waals surface area (Å²) in [5.41, 5.74) is 1.22. The maximum Gasteiger partial charge on any atom is 0.337 e. The van der Waals surface area contributed by atoms with Crippen molar-refractivity contribution in [3.63, 3.8) is 0 Å². The van der Waals surface area contributed by atoms with Gasteiger partial charge in [-0.1, -0.05) is 36.4 Å². The molecule has 1 aliphatic heterocycles. The number of nitrogens with zero attached hydrogens (tertiary/aromatic N) is 1. The van der Waals surface area contributed by atoms with Gasteiger partial charge in [-0.25, -0.2) is 13.2 Å². The van der Waals surface area contributed by atoms with E-state index in [4.69, 9.17) is 0 Å². The summed E-state index contributed by atoms with van der Waals surface area (Å²) in [6.45, 7) is 0.477. The SMILES string of the molecule is COC(=O)c1cccc(S(=O)(=O)N2CCCC2c2ccccc2)c1. The number of hydrogen-bond acceptors (Lipinski definition) is 4. The molecule has 0 N–H and O–H groups in total. The Morgan fingerprint density at radius 3 is 2.58 bits per heavy atom. The number of ether oxygens (including phenoxy) is 1. The summed E-state index contributed by atoms with van der Waals surface area (Å²) in [6.07, 6.45) is 1.61. The molecule has 126 valence electrons. The second-order valence-corrected chi connectivity index (χ2v) is 7.59. The third-order valence-electron chi connectivity index (χ3n) is 4.25. The van der Waals surface area contributed by atoms with Crippen molar-refractivity contribution in [3.05, 3.63) is 65.7 Å². The molecule has 1 unspecified atom stereocenters. The number of benzene rings is 2. The fraction of sp³-hybridized carbons (Fsp3) is 0.278. The maximum atomic E-state index is 13.1. The van der Waals surface area contributed by atoms with Gasteiger partial charge < -0.3 is 4.74 Å². The average molecular weight is 345 g/mol.